The van der Waals surface area contributed by atoms with E-state index in [0.717, 1.165) is 0 Å². The molecule has 0 spiro atoms. The number of amides is 2. The molecule has 0 aliphatic heterocycles. The predicted octanol–water partition coefficient (Wildman–Crippen LogP) is 2.41. The molecule has 9 heteroatoms. The van der Waals surface area contributed by atoms with Crippen LogP contribution in [0.25, 0.3) is 0 Å². The first kappa shape index (κ1) is 18.8. The molecule has 0 unspecified atom stereocenters. The summed E-state index contributed by atoms with van der Waals surface area (Å²) in [6.07, 6.45) is 0.0251. The number of benzene rings is 1. The van der Waals surface area contributed by atoms with Gasteiger partial charge in [-0.3, -0.25) is 20.4 Å². The molecule has 25 heavy (non-hydrogen) atoms. The average Bonchev–Trinajstić information content (AvgIpc) is 2.61. The van der Waals surface area contributed by atoms with Crippen LogP contribution in [0.4, 0.5) is 0 Å². The van der Waals surface area contributed by atoms with E-state index in [1.165, 1.54) is 26.4 Å². The molecule has 132 valence electrons. The molecule has 2 N–H and O–H groups in total. The lowest BCUT2D eigenvalue weighted by molar-refractivity contribution is -0.121. The maximum atomic E-state index is 12.0. The Morgan fingerprint density at radius 2 is 1.76 bits per heavy atom. The first-order chi connectivity index (χ1) is 11.9. The molecule has 2 aromatic rings. The molecule has 2 amide bonds. The van der Waals surface area contributed by atoms with Gasteiger partial charge in [0.1, 0.15) is 10.8 Å². The van der Waals surface area contributed by atoms with E-state index in [-0.39, 0.29) is 22.3 Å². The summed E-state index contributed by atoms with van der Waals surface area (Å²) in [5.74, 6) is -0.0414. The molecule has 0 radical (unpaired) electrons. The fraction of sp³-hybridized carbons (Fsp3) is 0.188. The average molecular weight is 384 g/mol. The number of aromatic nitrogens is 1. The summed E-state index contributed by atoms with van der Waals surface area (Å²) >= 11 is 11.6. The highest BCUT2D eigenvalue weighted by molar-refractivity contribution is 6.34. The Balaban J connectivity index is 1.96. The fourth-order valence-corrected chi connectivity index (χ4v) is 2.32. The molecule has 0 bridgehead atoms. The lowest BCUT2D eigenvalue weighted by Crippen LogP contribution is -2.42. The molecule has 0 atom stereocenters. The quantitative estimate of drug-likeness (QED) is 0.611. The Morgan fingerprint density at radius 1 is 1.04 bits per heavy atom. The Bertz CT molecular complexity index is 799. The van der Waals surface area contributed by atoms with Gasteiger partial charge in [-0.05, 0) is 29.8 Å². The minimum atomic E-state index is -0.673. The molecule has 1 heterocycles. The van der Waals surface area contributed by atoms with Crippen molar-refractivity contribution in [1.29, 1.82) is 0 Å². The van der Waals surface area contributed by atoms with Crippen LogP contribution in [-0.2, 0) is 11.2 Å². The number of hydrogen-bond acceptors (Lipinski definition) is 5. The van der Waals surface area contributed by atoms with Crippen LogP contribution in [0.15, 0.2) is 30.3 Å². The van der Waals surface area contributed by atoms with E-state index in [9.17, 15) is 9.59 Å². The third kappa shape index (κ3) is 4.98. The zero-order valence-electron chi connectivity index (χ0n) is 13.4. The number of nitrogens with zero attached hydrogens (tertiary/aromatic N) is 1. The van der Waals surface area contributed by atoms with E-state index in [1.807, 2.05) is 0 Å². The van der Waals surface area contributed by atoms with Gasteiger partial charge >= 0.3 is 0 Å². The summed E-state index contributed by atoms with van der Waals surface area (Å²) < 4.78 is 10.3. The van der Waals surface area contributed by atoms with Crippen molar-refractivity contribution in [2.75, 3.05) is 14.2 Å². The van der Waals surface area contributed by atoms with Crippen LogP contribution in [0.1, 0.15) is 16.1 Å². The normalized spacial score (nSPS) is 10.1. The Morgan fingerprint density at radius 3 is 2.44 bits per heavy atom. The van der Waals surface area contributed by atoms with Gasteiger partial charge in [0.05, 0.1) is 25.7 Å². The van der Waals surface area contributed by atoms with Crippen LogP contribution >= 0.6 is 23.2 Å². The molecule has 7 nitrogen and oxygen atoms in total. The van der Waals surface area contributed by atoms with Crippen LogP contribution in [0, 0.1) is 0 Å². The lowest BCUT2D eigenvalue weighted by atomic mass is 10.1. The van der Waals surface area contributed by atoms with Gasteiger partial charge in [0, 0.05) is 0 Å². The molecule has 1 aromatic heterocycles. The number of ether oxygens (including phenoxy) is 2. The van der Waals surface area contributed by atoms with E-state index in [0.29, 0.717) is 17.1 Å². The highest BCUT2D eigenvalue weighted by Gasteiger charge is 2.14. The number of carbonyl (C=O) groups excluding carboxylic acids is 2. The van der Waals surface area contributed by atoms with Crippen molar-refractivity contribution in [2.45, 2.75) is 6.42 Å². The van der Waals surface area contributed by atoms with Crippen molar-refractivity contribution >= 4 is 35.0 Å². The first-order valence-electron chi connectivity index (χ1n) is 7.06. The zero-order chi connectivity index (χ0) is 18.4. The van der Waals surface area contributed by atoms with Crippen molar-refractivity contribution in [1.82, 2.24) is 15.8 Å². The van der Waals surface area contributed by atoms with Gasteiger partial charge in [0.2, 0.25) is 5.91 Å². The summed E-state index contributed by atoms with van der Waals surface area (Å²) in [6.45, 7) is 0. The van der Waals surface area contributed by atoms with E-state index in [2.05, 4.69) is 15.8 Å². The highest BCUT2D eigenvalue weighted by atomic mass is 35.5. The molecule has 2 rings (SSSR count). The summed E-state index contributed by atoms with van der Waals surface area (Å²) in [5, 5.41) is 0.238. The fourth-order valence-electron chi connectivity index (χ4n) is 1.98. The van der Waals surface area contributed by atoms with Gasteiger partial charge < -0.3 is 9.47 Å². The van der Waals surface area contributed by atoms with Crippen molar-refractivity contribution in [3.05, 3.63) is 51.8 Å². The number of hydrogen-bond donors (Lipinski definition) is 2. The molecular weight excluding hydrogens is 369 g/mol. The topological polar surface area (TPSA) is 89.6 Å². The van der Waals surface area contributed by atoms with Gasteiger partial charge in [-0.1, -0.05) is 29.3 Å². The molecule has 0 aliphatic rings. The third-order valence-corrected chi connectivity index (χ3v) is 3.67. The second-order valence-electron chi connectivity index (χ2n) is 4.83. The maximum absolute atomic E-state index is 12.0. The second kappa shape index (κ2) is 8.55. The zero-order valence-corrected chi connectivity index (χ0v) is 14.9. The minimum absolute atomic E-state index is 0.0251. The lowest BCUT2D eigenvalue weighted by Gasteiger charge is -2.10. The van der Waals surface area contributed by atoms with Crippen LogP contribution in [0.2, 0.25) is 10.2 Å². The van der Waals surface area contributed by atoms with E-state index >= 15 is 0 Å². The monoisotopic (exact) mass is 383 g/mol. The van der Waals surface area contributed by atoms with Gasteiger partial charge in [-0.2, -0.15) is 0 Å². The SMILES string of the molecule is COc1ccc(CC(=O)NNC(=O)c2nc(Cl)ccc2Cl)cc1OC. The summed E-state index contributed by atoms with van der Waals surface area (Å²) in [6, 6.07) is 7.98. The number of nitrogens with one attached hydrogen (secondary N) is 2. The summed E-state index contributed by atoms with van der Waals surface area (Å²) in [5.41, 5.74) is 5.13. The Labute approximate surface area is 154 Å². The number of hydrazine groups is 1. The smallest absolute Gasteiger partial charge is 0.289 e. The van der Waals surface area contributed by atoms with Crippen LogP contribution in [0.5, 0.6) is 11.5 Å². The van der Waals surface area contributed by atoms with E-state index in [1.54, 1.807) is 18.2 Å². The third-order valence-electron chi connectivity index (χ3n) is 3.16. The van der Waals surface area contributed by atoms with Gasteiger partial charge in [-0.25, -0.2) is 4.98 Å². The van der Waals surface area contributed by atoms with E-state index in [4.69, 9.17) is 32.7 Å². The molecule has 0 saturated carbocycles. The maximum Gasteiger partial charge on any atom is 0.289 e. The van der Waals surface area contributed by atoms with Gasteiger partial charge in [0.25, 0.3) is 5.91 Å². The molecule has 1 aromatic carbocycles. The molecular formula is C16H15Cl2N3O4. The largest absolute Gasteiger partial charge is 0.493 e. The van der Waals surface area contributed by atoms with Gasteiger partial charge in [0.15, 0.2) is 11.5 Å². The Hall–Kier alpha value is -2.51. The molecule has 0 aliphatic carbocycles. The minimum Gasteiger partial charge on any atom is -0.493 e. The van der Waals surface area contributed by atoms with Crippen molar-refractivity contribution in [3.8, 4) is 11.5 Å². The highest BCUT2D eigenvalue weighted by Crippen LogP contribution is 2.27. The molecule has 0 saturated heterocycles. The summed E-state index contributed by atoms with van der Waals surface area (Å²) in [7, 11) is 3.03. The van der Waals surface area contributed by atoms with Crippen molar-refractivity contribution in [2.24, 2.45) is 0 Å². The number of rotatable bonds is 5. The Kier molecular flexibility index (Phi) is 6.44. The van der Waals surface area contributed by atoms with Gasteiger partial charge in [-0.15, -0.1) is 0 Å². The summed E-state index contributed by atoms with van der Waals surface area (Å²) in [4.78, 5) is 27.8. The van der Waals surface area contributed by atoms with Crippen LogP contribution in [-0.4, -0.2) is 31.0 Å². The number of carbonyl (C=O) groups is 2. The number of pyridine rings is 1. The standard InChI is InChI=1S/C16H15Cl2N3O4/c1-24-11-5-3-9(7-12(11)25-2)8-14(22)20-21-16(23)15-10(17)4-6-13(18)19-15/h3-7H,8H2,1-2H3,(H,20,22)(H,21,23). The molecule has 0 fully saturated rings. The first-order valence-corrected chi connectivity index (χ1v) is 7.82. The predicted molar refractivity (Wildman–Crippen MR) is 93.1 cm³/mol. The number of halogens is 2. The van der Waals surface area contributed by atoms with E-state index < -0.39 is 11.8 Å². The van der Waals surface area contributed by atoms with Crippen molar-refractivity contribution < 1.29 is 19.1 Å². The number of methoxy groups -OCH3 is 2. The van der Waals surface area contributed by atoms with Crippen LogP contribution in [0.3, 0.4) is 0 Å². The van der Waals surface area contributed by atoms with Crippen molar-refractivity contribution in [3.63, 3.8) is 0 Å². The second-order valence-corrected chi connectivity index (χ2v) is 5.63. The van der Waals surface area contributed by atoms with Crippen LogP contribution < -0.4 is 20.3 Å².